The van der Waals surface area contributed by atoms with Crippen molar-refractivity contribution in [1.29, 1.82) is 0 Å². The standard InChI is InChI=1S/C13H14FNO3S2/c1-20(18)6-5-15-7-8-11-9(14)3-2-4-10(11)19-12(8)13(16)17/h2-4,15H,5-7H2,1H3,(H,16,17). The third-order valence-electron chi connectivity index (χ3n) is 2.83. The molecular formula is C13H14FNO3S2. The molecule has 0 aliphatic rings. The molecule has 1 heterocycles. The van der Waals surface area contributed by atoms with Crippen molar-refractivity contribution in [3.05, 3.63) is 34.5 Å². The zero-order valence-electron chi connectivity index (χ0n) is 10.8. The number of carbonyl (C=O) groups is 1. The molecule has 1 aromatic carbocycles. The largest absolute Gasteiger partial charge is 0.477 e. The zero-order valence-corrected chi connectivity index (χ0v) is 12.4. The quantitative estimate of drug-likeness (QED) is 0.802. The summed E-state index contributed by atoms with van der Waals surface area (Å²) in [6.07, 6.45) is 1.60. The van der Waals surface area contributed by atoms with Crippen molar-refractivity contribution in [3.63, 3.8) is 0 Å². The van der Waals surface area contributed by atoms with Crippen LogP contribution in [0.5, 0.6) is 0 Å². The van der Waals surface area contributed by atoms with Crippen LogP contribution in [0.1, 0.15) is 15.2 Å². The molecule has 7 heteroatoms. The van der Waals surface area contributed by atoms with Crippen molar-refractivity contribution in [3.8, 4) is 0 Å². The number of thiophene rings is 1. The van der Waals surface area contributed by atoms with Crippen molar-refractivity contribution < 1.29 is 18.5 Å². The molecule has 0 bridgehead atoms. The maximum atomic E-state index is 13.9. The minimum absolute atomic E-state index is 0.148. The van der Waals surface area contributed by atoms with Crippen LogP contribution in [0.15, 0.2) is 18.2 Å². The number of carboxylic acids is 1. The van der Waals surface area contributed by atoms with Crippen molar-refractivity contribution >= 4 is 38.2 Å². The predicted molar refractivity (Wildman–Crippen MR) is 79.4 cm³/mol. The molecule has 2 rings (SSSR count). The maximum Gasteiger partial charge on any atom is 0.346 e. The van der Waals surface area contributed by atoms with E-state index < -0.39 is 22.6 Å². The van der Waals surface area contributed by atoms with Gasteiger partial charge in [0.25, 0.3) is 0 Å². The molecule has 1 aromatic heterocycles. The second-order valence-corrected chi connectivity index (χ2v) is 6.89. The summed E-state index contributed by atoms with van der Waals surface area (Å²) < 4.78 is 25.5. The van der Waals surface area contributed by atoms with Crippen LogP contribution in [0.4, 0.5) is 4.39 Å². The number of fused-ring (bicyclic) bond motifs is 1. The van der Waals surface area contributed by atoms with E-state index in [2.05, 4.69) is 5.32 Å². The van der Waals surface area contributed by atoms with Crippen LogP contribution >= 0.6 is 11.3 Å². The molecule has 4 nitrogen and oxygen atoms in total. The van der Waals surface area contributed by atoms with Gasteiger partial charge in [0.1, 0.15) is 10.7 Å². The number of rotatable bonds is 6. The van der Waals surface area contributed by atoms with E-state index in [1.165, 1.54) is 6.07 Å². The third-order valence-corrected chi connectivity index (χ3v) is 4.79. The van der Waals surface area contributed by atoms with Crippen molar-refractivity contribution in [2.75, 3.05) is 18.6 Å². The summed E-state index contributed by atoms with van der Waals surface area (Å²) in [5.41, 5.74) is 0.456. The topological polar surface area (TPSA) is 66.4 Å². The molecule has 0 aliphatic heterocycles. The molecule has 0 fully saturated rings. The van der Waals surface area contributed by atoms with Gasteiger partial charge in [-0.15, -0.1) is 11.3 Å². The highest BCUT2D eigenvalue weighted by molar-refractivity contribution is 7.84. The lowest BCUT2D eigenvalue weighted by atomic mass is 10.1. The Balaban J connectivity index is 2.31. The summed E-state index contributed by atoms with van der Waals surface area (Å²) in [4.78, 5) is 11.4. The molecule has 108 valence electrons. The highest BCUT2D eigenvalue weighted by atomic mass is 32.2. The number of hydrogen-bond donors (Lipinski definition) is 2. The Bertz CT molecular complexity index is 669. The van der Waals surface area contributed by atoms with Crippen LogP contribution in [-0.2, 0) is 17.3 Å². The highest BCUT2D eigenvalue weighted by Gasteiger charge is 2.19. The summed E-state index contributed by atoms with van der Waals surface area (Å²) in [5.74, 6) is -0.990. The molecule has 0 radical (unpaired) electrons. The van der Waals surface area contributed by atoms with Gasteiger partial charge in [0, 0.05) is 51.5 Å². The number of hydrogen-bond acceptors (Lipinski definition) is 4. The second kappa shape index (κ2) is 6.43. The van der Waals surface area contributed by atoms with Crippen LogP contribution in [0, 0.1) is 5.82 Å². The normalized spacial score (nSPS) is 12.7. The van der Waals surface area contributed by atoms with Gasteiger partial charge in [-0.1, -0.05) is 6.07 Å². The van der Waals surface area contributed by atoms with Gasteiger partial charge in [-0.25, -0.2) is 9.18 Å². The molecule has 0 spiro atoms. The molecule has 0 saturated carbocycles. The molecule has 1 unspecified atom stereocenters. The fraction of sp³-hybridized carbons (Fsp3) is 0.308. The van der Waals surface area contributed by atoms with Gasteiger partial charge in [-0.2, -0.15) is 0 Å². The number of halogens is 1. The maximum absolute atomic E-state index is 13.9. The Morgan fingerprint density at radius 3 is 2.90 bits per heavy atom. The first-order valence-electron chi connectivity index (χ1n) is 5.94. The van der Waals surface area contributed by atoms with Crippen molar-refractivity contribution in [2.24, 2.45) is 0 Å². The van der Waals surface area contributed by atoms with E-state index in [0.29, 0.717) is 27.9 Å². The summed E-state index contributed by atoms with van der Waals surface area (Å²) in [6, 6.07) is 4.60. The van der Waals surface area contributed by atoms with Gasteiger partial charge < -0.3 is 10.4 Å². The number of nitrogens with one attached hydrogen (secondary N) is 1. The van der Waals surface area contributed by atoms with Crippen LogP contribution < -0.4 is 5.32 Å². The minimum atomic E-state index is -1.05. The van der Waals surface area contributed by atoms with Gasteiger partial charge >= 0.3 is 5.97 Å². The lowest BCUT2D eigenvalue weighted by Crippen LogP contribution is -2.20. The van der Waals surface area contributed by atoms with Gasteiger partial charge in [-0.05, 0) is 12.1 Å². The lowest BCUT2D eigenvalue weighted by Gasteiger charge is -2.05. The van der Waals surface area contributed by atoms with Gasteiger partial charge in [0.15, 0.2) is 0 Å². The average Bonchev–Trinajstić information content (AvgIpc) is 2.75. The predicted octanol–water partition coefficient (Wildman–Crippen LogP) is 2.21. The van der Waals surface area contributed by atoms with E-state index in [1.807, 2.05) is 0 Å². The fourth-order valence-corrected chi connectivity index (χ4v) is 3.44. The zero-order chi connectivity index (χ0) is 14.7. The number of carboxylic acid groups (broad SMARTS) is 1. The first kappa shape index (κ1) is 15.1. The monoisotopic (exact) mass is 315 g/mol. The molecule has 20 heavy (non-hydrogen) atoms. The third kappa shape index (κ3) is 3.23. The van der Waals surface area contributed by atoms with Crippen LogP contribution in [0.2, 0.25) is 0 Å². The first-order chi connectivity index (χ1) is 9.50. The van der Waals surface area contributed by atoms with E-state index >= 15 is 0 Å². The first-order valence-corrected chi connectivity index (χ1v) is 8.49. The highest BCUT2D eigenvalue weighted by Crippen LogP contribution is 2.33. The lowest BCUT2D eigenvalue weighted by molar-refractivity contribution is 0.0701. The summed E-state index contributed by atoms with van der Waals surface area (Å²) in [6.45, 7) is 0.744. The average molecular weight is 315 g/mol. The van der Waals surface area contributed by atoms with E-state index in [0.717, 1.165) is 11.3 Å². The van der Waals surface area contributed by atoms with Gasteiger partial charge in [0.05, 0.1) is 0 Å². The van der Waals surface area contributed by atoms with Gasteiger partial charge in [0.2, 0.25) is 0 Å². The van der Waals surface area contributed by atoms with E-state index in [4.69, 9.17) is 0 Å². The van der Waals surface area contributed by atoms with Crippen LogP contribution in [0.25, 0.3) is 10.1 Å². The Labute approximate surface area is 122 Å². The van der Waals surface area contributed by atoms with E-state index in [9.17, 15) is 18.5 Å². The van der Waals surface area contributed by atoms with E-state index in [1.54, 1.807) is 18.4 Å². The Morgan fingerprint density at radius 1 is 1.50 bits per heavy atom. The minimum Gasteiger partial charge on any atom is -0.477 e. The molecular weight excluding hydrogens is 301 g/mol. The molecule has 0 aliphatic carbocycles. The van der Waals surface area contributed by atoms with E-state index in [-0.39, 0.29) is 11.4 Å². The Hall–Kier alpha value is -1.31. The molecule has 0 amide bonds. The summed E-state index contributed by atoms with van der Waals surface area (Å²) in [7, 11) is -0.910. The Kier molecular flexibility index (Phi) is 4.85. The van der Waals surface area contributed by atoms with Crippen LogP contribution in [0.3, 0.4) is 0 Å². The number of benzene rings is 1. The van der Waals surface area contributed by atoms with Crippen molar-refractivity contribution in [2.45, 2.75) is 6.54 Å². The van der Waals surface area contributed by atoms with Crippen LogP contribution in [-0.4, -0.2) is 33.8 Å². The molecule has 2 N–H and O–H groups in total. The summed E-state index contributed by atoms with van der Waals surface area (Å²) in [5, 5.41) is 12.6. The smallest absolute Gasteiger partial charge is 0.346 e. The SMILES string of the molecule is CS(=O)CCNCc1c(C(=O)O)sc2cccc(F)c12. The number of aromatic carboxylic acids is 1. The Morgan fingerprint density at radius 2 is 2.25 bits per heavy atom. The second-order valence-electron chi connectivity index (χ2n) is 4.28. The van der Waals surface area contributed by atoms with Gasteiger partial charge in [-0.3, -0.25) is 4.21 Å². The summed E-state index contributed by atoms with van der Waals surface area (Å²) >= 11 is 1.07. The molecule has 2 aromatic rings. The fourth-order valence-electron chi connectivity index (χ4n) is 1.94. The van der Waals surface area contributed by atoms with Crippen molar-refractivity contribution in [1.82, 2.24) is 5.32 Å². The molecule has 0 saturated heterocycles. The molecule has 1 atom stereocenters.